The van der Waals surface area contributed by atoms with Crippen LogP contribution >= 0.6 is 0 Å². The first-order valence-corrected chi connectivity index (χ1v) is 6.59. The van der Waals surface area contributed by atoms with Gasteiger partial charge in [-0.3, -0.25) is 4.79 Å². The molecule has 1 aromatic carbocycles. The van der Waals surface area contributed by atoms with Crippen LogP contribution in [0, 0.1) is 0 Å². The van der Waals surface area contributed by atoms with Gasteiger partial charge in [0.25, 0.3) is 5.91 Å². The number of benzene rings is 1. The molecule has 0 saturated heterocycles. The van der Waals surface area contributed by atoms with Gasteiger partial charge in [-0.05, 0) is 25.0 Å². The van der Waals surface area contributed by atoms with Crippen molar-refractivity contribution in [3.63, 3.8) is 0 Å². The number of carbonyl (C=O) groups excluding carboxylic acids is 1. The lowest BCUT2D eigenvalue weighted by molar-refractivity contribution is 0.0692. The number of amides is 1. The Morgan fingerprint density at radius 3 is 2.15 bits per heavy atom. The maximum atomic E-state index is 12.0. The van der Waals surface area contributed by atoms with Crippen molar-refractivity contribution in [2.75, 3.05) is 0 Å². The molecule has 1 aliphatic rings. The highest BCUT2D eigenvalue weighted by Crippen LogP contribution is 2.32. The van der Waals surface area contributed by atoms with Crippen molar-refractivity contribution in [2.45, 2.75) is 38.1 Å². The van der Waals surface area contributed by atoms with E-state index in [2.05, 4.69) is 5.32 Å². The Balaban J connectivity index is 2.17. The van der Waals surface area contributed by atoms with Crippen LogP contribution in [0.5, 0.6) is 11.5 Å². The topological polar surface area (TPSA) is 107 Å². The second-order valence-electron chi connectivity index (χ2n) is 4.97. The third kappa shape index (κ3) is 2.84. The summed E-state index contributed by atoms with van der Waals surface area (Å²) in [6.45, 7) is 0. The Kier molecular flexibility index (Phi) is 4.12. The standard InChI is InChI=1S/C14H17NO5/c16-11-9(6-7-10(12(11)17)14(19)20)13(18)15-8-4-2-1-3-5-8/h6-8,16-17H,1-5H2,(H,15,18)(H,19,20). The summed E-state index contributed by atoms with van der Waals surface area (Å²) in [6.07, 6.45) is 5.06. The maximum absolute atomic E-state index is 12.0. The van der Waals surface area contributed by atoms with Gasteiger partial charge in [-0.15, -0.1) is 0 Å². The third-order valence-electron chi connectivity index (χ3n) is 3.57. The molecule has 0 spiro atoms. The van der Waals surface area contributed by atoms with Crippen molar-refractivity contribution < 1.29 is 24.9 Å². The van der Waals surface area contributed by atoms with Crippen LogP contribution in [-0.2, 0) is 0 Å². The van der Waals surface area contributed by atoms with Crippen molar-refractivity contribution in [3.8, 4) is 11.5 Å². The van der Waals surface area contributed by atoms with Crippen LogP contribution in [0.15, 0.2) is 12.1 Å². The van der Waals surface area contributed by atoms with E-state index in [9.17, 15) is 19.8 Å². The van der Waals surface area contributed by atoms with Gasteiger partial charge in [-0.25, -0.2) is 4.79 Å². The minimum atomic E-state index is -1.36. The summed E-state index contributed by atoms with van der Waals surface area (Å²) in [5, 5.41) is 30.9. The number of hydrogen-bond acceptors (Lipinski definition) is 4. The minimum Gasteiger partial charge on any atom is -0.504 e. The molecule has 0 radical (unpaired) electrons. The molecule has 0 bridgehead atoms. The van der Waals surface area contributed by atoms with Gasteiger partial charge in [-0.1, -0.05) is 19.3 Å². The van der Waals surface area contributed by atoms with Gasteiger partial charge in [0.15, 0.2) is 11.5 Å². The molecule has 2 rings (SSSR count). The maximum Gasteiger partial charge on any atom is 0.339 e. The molecule has 0 aromatic heterocycles. The van der Waals surface area contributed by atoms with Gasteiger partial charge in [0.05, 0.1) is 5.56 Å². The van der Waals surface area contributed by atoms with Crippen molar-refractivity contribution in [1.82, 2.24) is 5.32 Å². The van der Waals surface area contributed by atoms with Gasteiger partial charge in [-0.2, -0.15) is 0 Å². The van der Waals surface area contributed by atoms with E-state index in [0.29, 0.717) is 0 Å². The first-order valence-electron chi connectivity index (χ1n) is 6.59. The Morgan fingerprint density at radius 2 is 1.55 bits per heavy atom. The van der Waals surface area contributed by atoms with Gasteiger partial charge >= 0.3 is 5.97 Å². The summed E-state index contributed by atoms with van der Waals surface area (Å²) in [5.41, 5.74) is -0.546. The van der Waals surface area contributed by atoms with Gasteiger partial charge < -0.3 is 20.6 Å². The van der Waals surface area contributed by atoms with Crippen molar-refractivity contribution in [2.24, 2.45) is 0 Å². The summed E-state index contributed by atoms with van der Waals surface area (Å²) in [5.74, 6) is -3.34. The molecule has 1 fully saturated rings. The Labute approximate surface area is 116 Å². The number of aromatic hydroxyl groups is 2. The van der Waals surface area contributed by atoms with E-state index in [-0.39, 0.29) is 11.6 Å². The second kappa shape index (κ2) is 5.81. The first-order chi connectivity index (χ1) is 9.50. The van der Waals surface area contributed by atoms with E-state index in [1.807, 2.05) is 0 Å². The smallest absolute Gasteiger partial charge is 0.339 e. The zero-order chi connectivity index (χ0) is 14.7. The Bertz CT molecular complexity index is 535. The predicted molar refractivity (Wildman–Crippen MR) is 71.1 cm³/mol. The molecule has 20 heavy (non-hydrogen) atoms. The van der Waals surface area contributed by atoms with E-state index in [1.54, 1.807) is 0 Å². The van der Waals surface area contributed by atoms with Crippen molar-refractivity contribution in [1.29, 1.82) is 0 Å². The predicted octanol–water partition coefficient (Wildman–Crippen LogP) is 1.86. The van der Waals surface area contributed by atoms with Gasteiger partial charge in [0.2, 0.25) is 0 Å². The first kappa shape index (κ1) is 14.2. The fourth-order valence-electron chi connectivity index (χ4n) is 2.45. The highest BCUT2D eigenvalue weighted by atomic mass is 16.4. The normalized spacial score (nSPS) is 15.8. The van der Waals surface area contributed by atoms with Crippen LogP contribution in [0.2, 0.25) is 0 Å². The Morgan fingerprint density at radius 1 is 1.00 bits per heavy atom. The van der Waals surface area contributed by atoms with E-state index < -0.39 is 28.9 Å². The summed E-state index contributed by atoms with van der Waals surface area (Å²) < 4.78 is 0. The number of phenolic OH excluding ortho intramolecular Hbond substituents is 1. The number of aromatic carboxylic acids is 1. The quantitative estimate of drug-likeness (QED) is 0.632. The monoisotopic (exact) mass is 279 g/mol. The number of carboxylic acid groups (broad SMARTS) is 1. The van der Waals surface area contributed by atoms with Gasteiger partial charge in [0, 0.05) is 6.04 Å². The van der Waals surface area contributed by atoms with E-state index in [0.717, 1.165) is 38.2 Å². The van der Waals surface area contributed by atoms with Crippen LogP contribution in [-0.4, -0.2) is 33.2 Å². The van der Waals surface area contributed by atoms with Crippen LogP contribution in [0.25, 0.3) is 0 Å². The third-order valence-corrected chi connectivity index (χ3v) is 3.57. The number of carboxylic acids is 1. The molecular weight excluding hydrogens is 262 g/mol. The molecule has 4 N–H and O–H groups in total. The summed E-state index contributed by atoms with van der Waals surface area (Å²) >= 11 is 0. The molecular formula is C14H17NO5. The lowest BCUT2D eigenvalue weighted by Crippen LogP contribution is -2.36. The molecule has 0 heterocycles. The molecule has 6 heteroatoms. The second-order valence-corrected chi connectivity index (χ2v) is 4.97. The van der Waals surface area contributed by atoms with Crippen LogP contribution < -0.4 is 5.32 Å². The average Bonchev–Trinajstić information content (AvgIpc) is 2.42. The molecule has 0 unspecified atom stereocenters. The average molecular weight is 279 g/mol. The Hall–Kier alpha value is -2.24. The minimum absolute atomic E-state index is 0.0666. The van der Waals surface area contributed by atoms with E-state index in [1.165, 1.54) is 6.07 Å². The molecule has 1 amide bonds. The van der Waals surface area contributed by atoms with Crippen LogP contribution in [0.1, 0.15) is 52.8 Å². The number of hydrogen-bond donors (Lipinski definition) is 4. The summed E-state index contributed by atoms with van der Waals surface area (Å²) in [7, 11) is 0. The number of rotatable bonds is 3. The number of nitrogens with one attached hydrogen (secondary N) is 1. The van der Waals surface area contributed by atoms with Crippen LogP contribution in [0.3, 0.4) is 0 Å². The lowest BCUT2D eigenvalue weighted by Gasteiger charge is -2.23. The molecule has 0 atom stereocenters. The molecule has 1 saturated carbocycles. The van der Waals surface area contributed by atoms with Crippen molar-refractivity contribution in [3.05, 3.63) is 23.3 Å². The highest BCUT2D eigenvalue weighted by Gasteiger charge is 2.22. The largest absolute Gasteiger partial charge is 0.504 e. The molecule has 1 aromatic rings. The summed E-state index contributed by atoms with van der Waals surface area (Å²) in [4.78, 5) is 22.8. The van der Waals surface area contributed by atoms with E-state index >= 15 is 0 Å². The van der Waals surface area contributed by atoms with Gasteiger partial charge in [0.1, 0.15) is 5.56 Å². The lowest BCUT2D eigenvalue weighted by atomic mass is 9.95. The van der Waals surface area contributed by atoms with Crippen LogP contribution in [0.4, 0.5) is 0 Å². The fourth-order valence-corrected chi connectivity index (χ4v) is 2.45. The molecule has 1 aliphatic carbocycles. The zero-order valence-electron chi connectivity index (χ0n) is 10.9. The molecule has 108 valence electrons. The highest BCUT2D eigenvalue weighted by molar-refractivity contribution is 6.01. The fraction of sp³-hybridized carbons (Fsp3) is 0.429. The van der Waals surface area contributed by atoms with Crippen molar-refractivity contribution >= 4 is 11.9 Å². The molecule has 6 nitrogen and oxygen atoms in total. The number of carbonyl (C=O) groups is 2. The summed E-state index contributed by atoms with van der Waals surface area (Å²) in [6, 6.07) is 2.38. The SMILES string of the molecule is O=C(O)c1ccc(C(=O)NC2CCCCC2)c(O)c1O. The molecule has 0 aliphatic heterocycles. The number of phenols is 2. The zero-order valence-corrected chi connectivity index (χ0v) is 10.9. The van der Waals surface area contributed by atoms with E-state index in [4.69, 9.17) is 5.11 Å².